The number of hydrogen-bond donors (Lipinski definition) is 1. The highest BCUT2D eigenvalue weighted by Gasteiger charge is 2.33. The molecule has 2 aromatic rings. The SMILES string of the molecule is O=C(CCCn1cncn1)N[C@@H]1CCN(c2cccc(Cl)c2)C1=O. The summed E-state index contributed by atoms with van der Waals surface area (Å²) in [5.41, 5.74) is 0.760. The van der Waals surface area contributed by atoms with Crippen LogP contribution in [-0.2, 0) is 16.1 Å². The van der Waals surface area contributed by atoms with Gasteiger partial charge in [-0.3, -0.25) is 14.3 Å². The van der Waals surface area contributed by atoms with Crippen molar-refractivity contribution in [2.24, 2.45) is 0 Å². The van der Waals surface area contributed by atoms with E-state index in [0.29, 0.717) is 37.4 Å². The number of nitrogens with zero attached hydrogens (tertiary/aromatic N) is 4. The molecule has 7 nitrogen and oxygen atoms in total. The van der Waals surface area contributed by atoms with E-state index in [0.717, 1.165) is 5.69 Å². The minimum Gasteiger partial charge on any atom is -0.344 e. The van der Waals surface area contributed by atoms with Gasteiger partial charge in [0.1, 0.15) is 18.7 Å². The Bertz CT molecular complexity index is 719. The zero-order chi connectivity index (χ0) is 16.9. The lowest BCUT2D eigenvalue weighted by Gasteiger charge is -2.17. The molecule has 1 fully saturated rings. The molecule has 1 aliphatic rings. The minimum absolute atomic E-state index is 0.0955. The van der Waals surface area contributed by atoms with Crippen LogP contribution in [-0.4, -0.2) is 39.2 Å². The molecule has 1 aromatic carbocycles. The van der Waals surface area contributed by atoms with Gasteiger partial charge in [-0.05, 0) is 31.0 Å². The molecular formula is C16H18ClN5O2. The van der Waals surface area contributed by atoms with Crippen LogP contribution in [0.3, 0.4) is 0 Å². The predicted molar refractivity (Wildman–Crippen MR) is 89.6 cm³/mol. The van der Waals surface area contributed by atoms with Crippen LogP contribution in [0.25, 0.3) is 0 Å². The highest BCUT2D eigenvalue weighted by molar-refractivity contribution is 6.31. The molecule has 2 amide bonds. The summed E-state index contributed by atoms with van der Waals surface area (Å²) in [7, 11) is 0. The Labute approximate surface area is 144 Å². The van der Waals surface area contributed by atoms with Crippen molar-refractivity contribution in [2.75, 3.05) is 11.4 Å². The first kappa shape index (κ1) is 16.4. The quantitative estimate of drug-likeness (QED) is 0.861. The van der Waals surface area contributed by atoms with E-state index < -0.39 is 6.04 Å². The summed E-state index contributed by atoms with van der Waals surface area (Å²) in [6, 6.07) is 6.69. The normalized spacial score (nSPS) is 17.3. The first-order valence-electron chi connectivity index (χ1n) is 7.82. The largest absolute Gasteiger partial charge is 0.344 e. The third-order valence-electron chi connectivity index (χ3n) is 3.92. The van der Waals surface area contributed by atoms with Gasteiger partial charge in [-0.2, -0.15) is 5.10 Å². The summed E-state index contributed by atoms with van der Waals surface area (Å²) in [6.45, 7) is 1.20. The minimum atomic E-state index is -0.470. The summed E-state index contributed by atoms with van der Waals surface area (Å²) >= 11 is 5.97. The number of benzene rings is 1. The van der Waals surface area contributed by atoms with Crippen molar-refractivity contribution in [3.63, 3.8) is 0 Å². The van der Waals surface area contributed by atoms with E-state index in [1.165, 1.54) is 6.33 Å². The number of anilines is 1. The second-order valence-corrected chi connectivity index (χ2v) is 6.08. The van der Waals surface area contributed by atoms with Crippen LogP contribution in [0.5, 0.6) is 0 Å². The van der Waals surface area contributed by atoms with Crippen LogP contribution in [0.2, 0.25) is 5.02 Å². The van der Waals surface area contributed by atoms with Gasteiger partial charge in [-0.1, -0.05) is 17.7 Å². The smallest absolute Gasteiger partial charge is 0.249 e. The summed E-state index contributed by atoms with van der Waals surface area (Å²) < 4.78 is 1.68. The number of carbonyl (C=O) groups excluding carboxylic acids is 2. The number of hydrogen-bond acceptors (Lipinski definition) is 4. The van der Waals surface area contributed by atoms with E-state index in [1.54, 1.807) is 34.1 Å². The molecule has 0 bridgehead atoms. The standard InChI is InChI=1S/C16H18ClN5O2/c17-12-3-1-4-13(9-12)22-8-6-14(16(22)24)20-15(23)5-2-7-21-11-18-10-19-21/h1,3-4,9-11,14H,2,5-8H2,(H,20,23)/t14-/m1/s1. The zero-order valence-electron chi connectivity index (χ0n) is 13.1. The van der Waals surface area contributed by atoms with E-state index in [-0.39, 0.29) is 11.8 Å². The molecule has 24 heavy (non-hydrogen) atoms. The third kappa shape index (κ3) is 3.91. The van der Waals surface area contributed by atoms with Gasteiger partial charge < -0.3 is 10.2 Å². The van der Waals surface area contributed by atoms with Gasteiger partial charge >= 0.3 is 0 Å². The van der Waals surface area contributed by atoms with Gasteiger partial charge in [0.15, 0.2) is 0 Å². The molecular weight excluding hydrogens is 330 g/mol. The maximum atomic E-state index is 12.5. The van der Waals surface area contributed by atoms with Gasteiger partial charge in [-0.25, -0.2) is 4.98 Å². The van der Waals surface area contributed by atoms with Crippen molar-refractivity contribution in [1.82, 2.24) is 20.1 Å². The molecule has 0 saturated carbocycles. The monoisotopic (exact) mass is 347 g/mol. The number of rotatable bonds is 6. The van der Waals surface area contributed by atoms with Crippen LogP contribution in [0.15, 0.2) is 36.9 Å². The Kier molecular flexibility index (Phi) is 5.10. The lowest BCUT2D eigenvalue weighted by atomic mass is 10.2. The molecule has 0 radical (unpaired) electrons. The predicted octanol–water partition coefficient (Wildman–Crippen LogP) is 1.63. The number of amides is 2. The Morgan fingerprint density at radius 2 is 2.29 bits per heavy atom. The maximum absolute atomic E-state index is 12.5. The fraction of sp³-hybridized carbons (Fsp3) is 0.375. The maximum Gasteiger partial charge on any atom is 0.249 e. The molecule has 126 valence electrons. The first-order chi connectivity index (χ1) is 11.6. The topological polar surface area (TPSA) is 80.1 Å². The molecule has 1 aromatic heterocycles. The van der Waals surface area contributed by atoms with Crippen molar-refractivity contribution in [2.45, 2.75) is 31.8 Å². The molecule has 1 N–H and O–H groups in total. The molecule has 1 aliphatic heterocycles. The van der Waals surface area contributed by atoms with Gasteiger partial charge in [0, 0.05) is 30.2 Å². The van der Waals surface area contributed by atoms with Gasteiger partial charge in [0.2, 0.25) is 11.8 Å². The average molecular weight is 348 g/mol. The second kappa shape index (κ2) is 7.44. The van der Waals surface area contributed by atoms with Crippen molar-refractivity contribution < 1.29 is 9.59 Å². The summed E-state index contributed by atoms with van der Waals surface area (Å²) in [6.07, 6.45) is 4.66. The Morgan fingerprint density at radius 3 is 3.04 bits per heavy atom. The van der Waals surface area contributed by atoms with Crippen LogP contribution in [0.4, 0.5) is 5.69 Å². The lowest BCUT2D eigenvalue weighted by Crippen LogP contribution is -2.41. The van der Waals surface area contributed by atoms with Crippen molar-refractivity contribution >= 4 is 29.1 Å². The highest BCUT2D eigenvalue weighted by atomic mass is 35.5. The molecule has 3 rings (SSSR count). The number of aryl methyl sites for hydroxylation is 1. The molecule has 0 spiro atoms. The van der Waals surface area contributed by atoms with E-state index >= 15 is 0 Å². The van der Waals surface area contributed by atoms with Crippen LogP contribution >= 0.6 is 11.6 Å². The molecule has 0 aliphatic carbocycles. The average Bonchev–Trinajstić information content (AvgIpc) is 3.18. The number of carbonyl (C=O) groups is 2. The number of aromatic nitrogens is 3. The molecule has 1 saturated heterocycles. The molecule has 1 atom stereocenters. The summed E-state index contributed by atoms with van der Waals surface area (Å²) in [5, 5.41) is 7.38. The van der Waals surface area contributed by atoms with Gasteiger partial charge in [0.25, 0.3) is 0 Å². The molecule has 8 heteroatoms. The van der Waals surface area contributed by atoms with Gasteiger partial charge in [0.05, 0.1) is 0 Å². The fourth-order valence-electron chi connectivity index (χ4n) is 2.73. The van der Waals surface area contributed by atoms with E-state index in [9.17, 15) is 9.59 Å². The Balaban J connectivity index is 1.49. The third-order valence-corrected chi connectivity index (χ3v) is 4.15. The second-order valence-electron chi connectivity index (χ2n) is 5.64. The Morgan fingerprint density at radius 1 is 1.42 bits per heavy atom. The summed E-state index contributed by atoms with van der Waals surface area (Å²) in [4.78, 5) is 30.0. The molecule has 0 unspecified atom stereocenters. The van der Waals surface area contributed by atoms with E-state index in [2.05, 4.69) is 15.4 Å². The first-order valence-corrected chi connectivity index (χ1v) is 8.20. The number of halogens is 1. The highest BCUT2D eigenvalue weighted by Crippen LogP contribution is 2.24. The van der Waals surface area contributed by atoms with Crippen LogP contribution < -0.4 is 10.2 Å². The van der Waals surface area contributed by atoms with Crippen LogP contribution in [0, 0.1) is 0 Å². The zero-order valence-corrected chi connectivity index (χ0v) is 13.8. The van der Waals surface area contributed by atoms with Crippen molar-refractivity contribution in [3.8, 4) is 0 Å². The lowest BCUT2D eigenvalue weighted by molar-refractivity contribution is -0.126. The van der Waals surface area contributed by atoms with Crippen molar-refractivity contribution in [1.29, 1.82) is 0 Å². The van der Waals surface area contributed by atoms with Crippen molar-refractivity contribution in [3.05, 3.63) is 41.9 Å². The van der Waals surface area contributed by atoms with E-state index in [4.69, 9.17) is 11.6 Å². The number of nitrogens with one attached hydrogen (secondary N) is 1. The van der Waals surface area contributed by atoms with E-state index in [1.807, 2.05) is 6.07 Å². The van der Waals surface area contributed by atoms with Crippen LogP contribution in [0.1, 0.15) is 19.3 Å². The molecule has 2 heterocycles. The summed E-state index contributed by atoms with van der Waals surface area (Å²) in [5.74, 6) is -0.219. The Hall–Kier alpha value is -2.41. The fourth-order valence-corrected chi connectivity index (χ4v) is 2.92. The van der Waals surface area contributed by atoms with Gasteiger partial charge in [-0.15, -0.1) is 0 Å².